The van der Waals surface area contributed by atoms with E-state index in [0.717, 1.165) is 11.1 Å². The zero-order chi connectivity index (χ0) is 19.2. The first-order valence-electron chi connectivity index (χ1n) is 8.70. The molecule has 0 aliphatic heterocycles. The van der Waals surface area contributed by atoms with Gasteiger partial charge in [0.15, 0.2) is 0 Å². The molecule has 3 rings (SSSR count). The highest BCUT2D eigenvalue weighted by molar-refractivity contribution is 6.03. The van der Waals surface area contributed by atoms with Gasteiger partial charge >= 0.3 is 0 Å². The van der Waals surface area contributed by atoms with Gasteiger partial charge in [0.05, 0.1) is 0 Å². The van der Waals surface area contributed by atoms with E-state index < -0.39 is 0 Å². The van der Waals surface area contributed by atoms with Gasteiger partial charge in [0.25, 0.3) is 11.8 Å². The fraction of sp³-hybridized carbons (Fsp3) is 0.136. The Hall–Kier alpha value is -3.47. The number of anilines is 1. The second-order valence-corrected chi connectivity index (χ2v) is 6.40. The minimum absolute atomic E-state index is 0.193. The molecule has 0 unspecified atom stereocenters. The molecular weight excluding hydrogens is 338 g/mol. The molecule has 0 aliphatic rings. The van der Waals surface area contributed by atoms with E-state index in [9.17, 15) is 9.59 Å². The number of hydrogen-bond donors (Lipinski definition) is 2. The zero-order valence-corrected chi connectivity index (χ0v) is 15.3. The number of rotatable bonds is 5. The summed E-state index contributed by atoms with van der Waals surface area (Å²) >= 11 is 0. The van der Waals surface area contributed by atoms with Crippen LogP contribution >= 0.6 is 0 Å². The Kier molecular flexibility index (Phi) is 5.61. The topological polar surface area (TPSA) is 71.1 Å². The van der Waals surface area contributed by atoms with Crippen LogP contribution in [0.25, 0.3) is 0 Å². The molecule has 0 aliphatic carbocycles. The fourth-order valence-electron chi connectivity index (χ4n) is 2.50. The van der Waals surface area contributed by atoms with Crippen molar-refractivity contribution in [3.05, 3.63) is 94.8 Å². The van der Waals surface area contributed by atoms with Crippen LogP contribution in [0, 0.1) is 13.8 Å². The lowest BCUT2D eigenvalue weighted by atomic mass is 10.1. The number of hydrogen-bond acceptors (Lipinski definition) is 3. The molecule has 1 heterocycles. The largest absolute Gasteiger partial charge is 0.347 e. The standard InChI is InChI=1S/C22H21N3O2/c1-15-6-10-17(11-7-15)14-23-21(26)19-4-3-5-20(25-19)22(27)24-18-12-8-16(2)9-13-18/h3-13H,14H2,1-2H3,(H,23,26)(H,24,27). The average molecular weight is 359 g/mol. The molecule has 0 bridgehead atoms. The van der Waals surface area contributed by atoms with Crippen molar-refractivity contribution in [2.75, 3.05) is 5.32 Å². The second-order valence-electron chi connectivity index (χ2n) is 6.40. The molecule has 2 N–H and O–H groups in total. The van der Waals surface area contributed by atoms with E-state index in [1.165, 1.54) is 5.56 Å². The summed E-state index contributed by atoms with van der Waals surface area (Å²) in [4.78, 5) is 28.9. The molecule has 0 atom stereocenters. The quantitative estimate of drug-likeness (QED) is 0.726. The third-order valence-electron chi connectivity index (χ3n) is 4.10. The summed E-state index contributed by atoms with van der Waals surface area (Å²) in [5.74, 6) is -0.674. The number of carbonyl (C=O) groups is 2. The number of carbonyl (C=O) groups excluding carboxylic acids is 2. The Morgan fingerprint density at radius 3 is 1.96 bits per heavy atom. The van der Waals surface area contributed by atoms with Crippen molar-refractivity contribution in [3.63, 3.8) is 0 Å². The van der Waals surface area contributed by atoms with E-state index in [0.29, 0.717) is 12.2 Å². The molecule has 0 radical (unpaired) electrons. The Morgan fingerprint density at radius 1 is 0.778 bits per heavy atom. The Balaban J connectivity index is 1.65. The Labute approximate surface area is 158 Å². The maximum Gasteiger partial charge on any atom is 0.274 e. The first-order valence-corrected chi connectivity index (χ1v) is 8.70. The number of amides is 2. The Morgan fingerprint density at radius 2 is 1.33 bits per heavy atom. The molecule has 0 saturated heterocycles. The van der Waals surface area contributed by atoms with E-state index in [1.807, 2.05) is 62.4 Å². The Bertz CT molecular complexity index is 948. The van der Waals surface area contributed by atoms with Gasteiger partial charge < -0.3 is 10.6 Å². The predicted octanol–water partition coefficient (Wildman–Crippen LogP) is 3.88. The molecule has 0 spiro atoms. The van der Waals surface area contributed by atoms with Gasteiger partial charge in [0.2, 0.25) is 0 Å². The fourth-order valence-corrected chi connectivity index (χ4v) is 2.50. The van der Waals surface area contributed by atoms with E-state index in [4.69, 9.17) is 0 Å². The summed E-state index contributed by atoms with van der Waals surface area (Å²) in [6.07, 6.45) is 0. The van der Waals surface area contributed by atoms with E-state index in [1.54, 1.807) is 18.2 Å². The van der Waals surface area contributed by atoms with Crippen LogP contribution in [0.1, 0.15) is 37.7 Å². The molecule has 5 heteroatoms. The highest BCUT2D eigenvalue weighted by atomic mass is 16.2. The van der Waals surface area contributed by atoms with Gasteiger partial charge in [-0.25, -0.2) is 4.98 Å². The molecule has 27 heavy (non-hydrogen) atoms. The van der Waals surface area contributed by atoms with Crippen molar-refractivity contribution in [1.82, 2.24) is 10.3 Å². The van der Waals surface area contributed by atoms with Crippen LogP contribution in [0.5, 0.6) is 0 Å². The maximum absolute atomic E-state index is 12.4. The van der Waals surface area contributed by atoms with Gasteiger partial charge in [-0.05, 0) is 43.7 Å². The van der Waals surface area contributed by atoms with Crippen LogP contribution in [0.15, 0.2) is 66.7 Å². The molecular formula is C22H21N3O2. The monoisotopic (exact) mass is 359 g/mol. The normalized spacial score (nSPS) is 10.3. The summed E-state index contributed by atoms with van der Waals surface area (Å²) in [6, 6.07) is 20.2. The molecule has 136 valence electrons. The van der Waals surface area contributed by atoms with Crippen molar-refractivity contribution in [2.24, 2.45) is 0 Å². The van der Waals surface area contributed by atoms with Crippen molar-refractivity contribution < 1.29 is 9.59 Å². The molecule has 5 nitrogen and oxygen atoms in total. The van der Waals surface area contributed by atoms with E-state index >= 15 is 0 Å². The van der Waals surface area contributed by atoms with Gasteiger partial charge in [0.1, 0.15) is 11.4 Å². The van der Waals surface area contributed by atoms with Gasteiger partial charge in [-0.3, -0.25) is 9.59 Å². The summed E-state index contributed by atoms with van der Waals surface area (Å²) in [5.41, 5.74) is 4.36. The van der Waals surface area contributed by atoms with Crippen LogP contribution < -0.4 is 10.6 Å². The number of pyridine rings is 1. The lowest BCUT2D eigenvalue weighted by Crippen LogP contribution is -2.25. The predicted molar refractivity (Wildman–Crippen MR) is 106 cm³/mol. The minimum atomic E-state index is -0.355. The molecule has 3 aromatic rings. The molecule has 2 amide bonds. The highest BCUT2D eigenvalue weighted by Crippen LogP contribution is 2.10. The van der Waals surface area contributed by atoms with Gasteiger partial charge in [-0.2, -0.15) is 0 Å². The van der Waals surface area contributed by atoms with Crippen molar-refractivity contribution in [2.45, 2.75) is 20.4 Å². The summed E-state index contributed by atoms with van der Waals surface area (Å²) in [5, 5.41) is 5.61. The number of aromatic nitrogens is 1. The summed E-state index contributed by atoms with van der Waals surface area (Å²) in [7, 11) is 0. The lowest BCUT2D eigenvalue weighted by Gasteiger charge is -2.08. The molecule has 1 aromatic heterocycles. The van der Waals surface area contributed by atoms with Crippen molar-refractivity contribution in [3.8, 4) is 0 Å². The summed E-state index contributed by atoms with van der Waals surface area (Å²) < 4.78 is 0. The minimum Gasteiger partial charge on any atom is -0.347 e. The van der Waals surface area contributed by atoms with E-state index in [2.05, 4.69) is 15.6 Å². The maximum atomic E-state index is 12.4. The first kappa shape index (κ1) is 18.3. The molecule has 2 aromatic carbocycles. The number of benzene rings is 2. The first-order chi connectivity index (χ1) is 13.0. The van der Waals surface area contributed by atoms with Gasteiger partial charge in [-0.1, -0.05) is 53.6 Å². The van der Waals surface area contributed by atoms with Crippen LogP contribution in [0.2, 0.25) is 0 Å². The summed E-state index contributed by atoms with van der Waals surface area (Å²) in [6.45, 7) is 4.39. The SMILES string of the molecule is Cc1ccc(CNC(=O)c2cccc(C(=O)Nc3ccc(C)cc3)n2)cc1. The molecule has 0 saturated carbocycles. The second kappa shape index (κ2) is 8.27. The number of nitrogens with one attached hydrogen (secondary N) is 2. The third-order valence-corrected chi connectivity index (χ3v) is 4.10. The lowest BCUT2D eigenvalue weighted by molar-refractivity contribution is 0.0945. The third kappa shape index (κ3) is 5.01. The number of aryl methyl sites for hydroxylation is 2. The van der Waals surface area contributed by atoms with Crippen LogP contribution in [-0.4, -0.2) is 16.8 Å². The van der Waals surface area contributed by atoms with Crippen molar-refractivity contribution in [1.29, 1.82) is 0 Å². The zero-order valence-electron chi connectivity index (χ0n) is 15.3. The van der Waals surface area contributed by atoms with Crippen LogP contribution in [0.3, 0.4) is 0 Å². The van der Waals surface area contributed by atoms with Gasteiger partial charge in [0, 0.05) is 12.2 Å². The van der Waals surface area contributed by atoms with Gasteiger partial charge in [-0.15, -0.1) is 0 Å². The average Bonchev–Trinajstić information content (AvgIpc) is 2.69. The van der Waals surface area contributed by atoms with Crippen molar-refractivity contribution >= 4 is 17.5 Å². The van der Waals surface area contributed by atoms with Crippen LogP contribution in [-0.2, 0) is 6.54 Å². The number of nitrogens with zero attached hydrogens (tertiary/aromatic N) is 1. The van der Waals surface area contributed by atoms with E-state index in [-0.39, 0.29) is 23.2 Å². The van der Waals surface area contributed by atoms with Crippen LogP contribution in [0.4, 0.5) is 5.69 Å². The smallest absolute Gasteiger partial charge is 0.274 e. The highest BCUT2D eigenvalue weighted by Gasteiger charge is 2.12. The molecule has 0 fully saturated rings.